The van der Waals surface area contributed by atoms with E-state index in [2.05, 4.69) is 10.6 Å². The number of hydrogen-bond donors (Lipinski definition) is 3. The van der Waals surface area contributed by atoms with E-state index in [4.69, 9.17) is 14.9 Å². The summed E-state index contributed by atoms with van der Waals surface area (Å²) in [6.07, 6.45) is -0.953. The Hall–Kier alpha value is -1.43. The molecule has 0 aliphatic rings. The summed E-state index contributed by atoms with van der Waals surface area (Å²) in [5.41, 5.74) is -1.72. The molecule has 0 aromatic rings. The van der Waals surface area contributed by atoms with E-state index >= 15 is 0 Å². The van der Waals surface area contributed by atoms with Crippen LogP contribution in [0.15, 0.2) is 0 Å². The third-order valence-electron chi connectivity index (χ3n) is 2.69. The van der Waals surface area contributed by atoms with E-state index in [1.807, 2.05) is 0 Å². The van der Waals surface area contributed by atoms with E-state index in [0.29, 0.717) is 0 Å². The van der Waals surface area contributed by atoms with E-state index in [-0.39, 0.29) is 23.5 Å². The lowest BCUT2D eigenvalue weighted by Crippen LogP contribution is -2.50. The number of rotatable bonds is 8. The van der Waals surface area contributed by atoms with Gasteiger partial charge in [0.25, 0.3) is 0 Å². The Labute approximate surface area is 176 Å². The number of carbonyl (C=O) groups excluding carboxylic acids is 2. The monoisotopic (exact) mass is 491 g/mol. The van der Waals surface area contributed by atoms with Gasteiger partial charge < -0.3 is 20.1 Å². The lowest BCUT2D eigenvalue weighted by molar-refractivity contribution is -0.156. The average molecular weight is 492 g/mol. The van der Waals surface area contributed by atoms with Gasteiger partial charge in [-0.2, -0.15) is 0 Å². The van der Waals surface area contributed by atoms with E-state index in [1.54, 1.807) is 41.5 Å². The molecule has 3 N–H and O–H groups in total. The first-order chi connectivity index (χ1) is 12.0. The van der Waals surface area contributed by atoms with Crippen molar-refractivity contribution < 1.29 is 31.9 Å². The second-order valence-corrected chi connectivity index (χ2v) is 10.1. The zero-order valence-corrected chi connectivity index (χ0v) is 19.6. The van der Waals surface area contributed by atoms with Crippen LogP contribution >= 0.6 is 17.0 Å². The Morgan fingerprint density at radius 3 is 2.00 bits per heavy atom. The molecule has 1 amide bonds. The molecule has 1 unspecified atom stereocenters. The maximum atomic E-state index is 12.3. The standard InChI is InChI=1S/C16H30FN3O6S.BrH/c1-15(2,3)25-13(21)11(20-14(22)26-16(4,5)6)10-27(23,24)8-7-19-12(18)9-17;/h11H,7-10H2,1-6H3,(H2,18,19)(H,20,22);1H. The first-order valence-corrected chi connectivity index (χ1v) is 10.2. The van der Waals surface area contributed by atoms with Gasteiger partial charge in [0.1, 0.15) is 29.8 Å². The molecule has 0 heterocycles. The Bertz CT molecular complexity index is 644. The number of alkyl halides is 1. The first kappa shape index (κ1) is 28.8. The van der Waals surface area contributed by atoms with Gasteiger partial charge in [-0.3, -0.25) is 5.41 Å². The zero-order chi connectivity index (χ0) is 21.5. The third-order valence-corrected chi connectivity index (χ3v) is 4.36. The van der Waals surface area contributed by atoms with Gasteiger partial charge in [0.05, 0.1) is 11.5 Å². The van der Waals surface area contributed by atoms with Crippen LogP contribution in [0.3, 0.4) is 0 Å². The summed E-state index contributed by atoms with van der Waals surface area (Å²) in [6.45, 7) is 8.45. The predicted molar refractivity (Wildman–Crippen MR) is 110 cm³/mol. The molecule has 1 atom stereocenters. The maximum absolute atomic E-state index is 12.3. The minimum absolute atomic E-state index is 0. The normalized spacial score (nSPS) is 13.0. The van der Waals surface area contributed by atoms with E-state index in [0.717, 1.165) is 0 Å². The fraction of sp³-hybridized carbons (Fsp3) is 0.812. The molecule has 0 saturated carbocycles. The largest absolute Gasteiger partial charge is 0.458 e. The van der Waals surface area contributed by atoms with Gasteiger partial charge in [-0.15, -0.1) is 17.0 Å². The van der Waals surface area contributed by atoms with Gasteiger partial charge >= 0.3 is 12.1 Å². The molecule has 0 aromatic carbocycles. The second-order valence-electron chi connectivity index (χ2n) is 7.89. The van der Waals surface area contributed by atoms with Crippen molar-refractivity contribution in [2.75, 3.05) is 24.7 Å². The zero-order valence-electron chi connectivity index (χ0n) is 17.0. The van der Waals surface area contributed by atoms with Crippen molar-refractivity contribution in [3.05, 3.63) is 0 Å². The van der Waals surface area contributed by atoms with Gasteiger partial charge in [0.2, 0.25) is 0 Å². The molecule has 12 heteroatoms. The lowest BCUT2D eigenvalue weighted by Gasteiger charge is -2.26. The lowest BCUT2D eigenvalue weighted by atomic mass is 10.2. The van der Waals surface area contributed by atoms with Gasteiger partial charge in [0.15, 0.2) is 9.84 Å². The number of amides is 1. The fourth-order valence-electron chi connectivity index (χ4n) is 1.73. The highest BCUT2D eigenvalue weighted by atomic mass is 79.9. The summed E-state index contributed by atoms with van der Waals surface area (Å²) in [7, 11) is -3.83. The Morgan fingerprint density at radius 2 is 1.57 bits per heavy atom. The van der Waals surface area contributed by atoms with Gasteiger partial charge in [0, 0.05) is 6.54 Å². The molecule has 0 aliphatic heterocycles. The Kier molecular flexibility index (Phi) is 11.9. The van der Waals surface area contributed by atoms with Crippen molar-refractivity contribution in [3.8, 4) is 0 Å². The number of nitrogens with one attached hydrogen (secondary N) is 3. The maximum Gasteiger partial charge on any atom is 0.408 e. The molecule has 0 rings (SSSR count). The number of alkyl carbamates (subject to hydrolysis) is 1. The first-order valence-electron chi connectivity index (χ1n) is 8.35. The molecule has 9 nitrogen and oxygen atoms in total. The van der Waals surface area contributed by atoms with Crippen LogP contribution in [0.4, 0.5) is 9.18 Å². The molecule has 166 valence electrons. The van der Waals surface area contributed by atoms with Crippen molar-refractivity contribution in [2.24, 2.45) is 0 Å². The van der Waals surface area contributed by atoms with Crippen LogP contribution in [0.2, 0.25) is 0 Å². The van der Waals surface area contributed by atoms with Crippen LogP contribution in [0.1, 0.15) is 41.5 Å². The minimum atomic E-state index is -3.83. The Balaban J connectivity index is 0. The summed E-state index contributed by atoms with van der Waals surface area (Å²) >= 11 is 0. The quantitative estimate of drug-likeness (QED) is 0.267. The van der Waals surface area contributed by atoms with Gasteiger partial charge in [-0.1, -0.05) is 0 Å². The van der Waals surface area contributed by atoms with E-state index in [9.17, 15) is 22.4 Å². The Morgan fingerprint density at radius 1 is 1.07 bits per heavy atom. The van der Waals surface area contributed by atoms with Crippen LogP contribution in [0.5, 0.6) is 0 Å². The number of amidine groups is 1. The number of ether oxygens (including phenoxy) is 2. The molecule has 0 bridgehead atoms. The number of halogens is 2. The highest BCUT2D eigenvalue weighted by Crippen LogP contribution is 2.11. The molecule has 28 heavy (non-hydrogen) atoms. The topological polar surface area (TPSA) is 135 Å². The number of esters is 1. The molecule has 0 aliphatic carbocycles. The van der Waals surface area contributed by atoms with Crippen molar-refractivity contribution in [1.82, 2.24) is 10.6 Å². The van der Waals surface area contributed by atoms with E-state index < -0.39 is 63.2 Å². The molecular weight excluding hydrogens is 461 g/mol. The molecule has 0 aromatic heterocycles. The van der Waals surface area contributed by atoms with Crippen molar-refractivity contribution in [3.63, 3.8) is 0 Å². The summed E-state index contributed by atoms with van der Waals surface area (Å²) in [5.74, 6) is -2.53. The van der Waals surface area contributed by atoms with Crippen LogP contribution in [0, 0.1) is 5.41 Å². The van der Waals surface area contributed by atoms with Crippen molar-refractivity contribution >= 4 is 44.7 Å². The predicted octanol–water partition coefficient (Wildman–Crippen LogP) is 1.75. The van der Waals surface area contributed by atoms with Crippen molar-refractivity contribution in [1.29, 1.82) is 5.41 Å². The SMILES string of the molecule is Br.CC(C)(C)OC(=O)NC(CS(=O)(=O)CCNC(=N)CF)C(=O)OC(C)(C)C. The van der Waals surface area contributed by atoms with Gasteiger partial charge in [-0.25, -0.2) is 22.4 Å². The van der Waals surface area contributed by atoms with Crippen LogP contribution < -0.4 is 10.6 Å². The number of sulfone groups is 1. The van der Waals surface area contributed by atoms with Crippen molar-refractivity contribution in [2.45, 2.75) is 58.8 Å². The summed E-state index contributed by atoms with van der Waals surface area (Å²) < 4.78 is 46.9. The fourth-order valence-corrected chi connectivity index (χ4v) is 3.04. The smallest absolute Gasteiger partial charge is 0.408 e. The van der Waals surface area contributed by atoms with Crippen LogP contribution in [0.25, 0.3) is 0 Å². The molecule has 0 fully saturated rings. The second kappa shape index (κ2) is 11.5. The molecule has 0 saturated heterocycles. The summed E-state index contributed by atoms with van der Waals surface area (Å²) in [4.78, 5) is 24.3. The highest BCUT2D eigenvalue weighted by molar-refractivity contribution is 8.93. The van der Waals surface area contributed by atoms with Gasteiger partial charge in [-0.05, 0) is 41.5 Å². The number of hydrogen-bond acceptors (Lipinski definition) is 7. The summed E-state index contributed by atoms with van der Waals surface area (Å²) in [5, 5.41) is 11.6. The van der Waals surface area contributed by atoms with Crippen LogP contribution in [-0.4, -0.2) is 68.3 Å². The molecular formula is C16H31BrFN3O6S. The minimum Gasteiger partial charge on any atom is -0.458 e. The summed E-state index contributed by atoms with van der Waals surface area (Å²) in [6, 6.07) is -1.47. The molecule has 0 radical (unpaired) electrons. The van der Waals surface area contributed by atoms with E-state index in [1.165, 1.54) is 0 Å². The highest BCUT2D eigenvalue weighted by Gasteiger charge is 2.32. The molecule has 0 spiro atoms. The number of carbonyl (C=O) groups is 2. The average Bonchev–Trinajstić information content (AvgIpc) is 2.41. The van der Waals surface area contributed by atoms with Crippen LogP contribution in [-0.2, 0) is 24.1 Å². The third kappa shape index (κ3) is 14.6.